The number of nitrogens with zero attached hydrogens (tertiary/aromatic N) is 1. The van der Waals surface area contributed by atoms with Crippen LogP contribution in [0.4, 0.5) is 10.1 Å². The summed E-state index contributed by atoms with van der Waals surface area (Å²) in [6.07, 6.45) is 3.72. The van der Waals surface area contributed by atoms with Crippen molar-refractivity contribution >= 4 is 5.69 Å². The predicted octanol–water partition coefficient (Wildman–Crippen LogP) is 4.74. The monoisotopic (exact) mass is 274 g/mol. The van der Waals surface area contributed by atoms with E-state index in [0.29, 0.717) is 17.0 Å². The number of benzene rings is 1. The highest BCUT2D eigenvalue weighted by Crippen LogP contribution is 2.42. The van der Waals surface area contributed by atoms with Crippen LogP contribution < -0.4 is 5.32 Å². The molecular weight excluding hydrogens is 251 g/mol. The number of nitrogens with one attached hydrogen (secondary N) is 1. The lowest BCUT2D eigenvalue weighted by atomic mass is 9.67. The summed E-state index contributed by atoms with van der Waals surface area (Å²) in [6, 6.07) is 8.78. The molecule has 108 valence electrons. The van der Waals surface area contributed by atoms with E-state index in [2.05, 4.69) is 32.2 Å². The number of hydrogen-bond acceptors (Lipinski definition) is 2. The lowest BCUT2D eigenvalue weighted by molar-refractivity contribution is 0.159. The molecule has 0 radical (unpaired) electrons. The lowest BCUT2D eigenvalue weighted by Crippen LogP contribution is -2.42. The summed E-state index contributed by atoms with van der Waals surface area (Å²) < 4.78 is 13.2. The van der Waals surface area contributed by atoms with Gasteiger partial charge in [-0.1, -0.05) is 26.8 Å². The summed E-state index contributed by atoms with van der Waals surface area (Å²) >= 11 is 0. The van der Waals surface area contributed by atoms with Gasteiger partial charge in [-0.15, -0.1) is 0 Å². The van der Waals surface area contributed by atoms with Crippen LogP contribution >= 0.6 is 0 Å². The molecule has 1 fully saturated rings. The van der Waals surface area contributed by atoms with Crippen molar-refractivity contribution < 1.29 is 4.39 Å². The first-order valence-corrected chi connectivity index (χ1v) is 7.30. The quantitative estimate of drug-likeness (QED) is 0.845. The number of halogens is 1. The van der Waals surface area contributed by atoms with Crippen molar-refractivity contribution in [2.24, 2.45) is 11.3 Å². The zero-order valence-electron chi connectivity index (χ0n) is 12.5. The second kappa shape index (κ2) is 5.44. The second-order valence-corrected chi connectivity index (χ2v) is 6.97. The van der Waals surface area contributed by atoms with Gasteiger partial charge in [0.05, 0.1) is 6.07 Å². The van der Waals surface area contributed by atoms with Crippen molar-refractivity contribution in [1.29, 1.82) is 5.26 Å². The van der Waals surface area contributed by atoms with E-state index in [-0.39, 0.29) is 5.82 Å². The minimum absolute atomic E-state index is 0.272. The predicted molar refractivity (Wildman–Crippen MR) is 79.8 cm³/mol. The maximum absolute atomic E-state index is 13.2. The van der Waals surface area contributed by atoms with Crippen LogP contribution in [-0.2, 0) is 0 Å². The van der Waals surface area contributed by atoms with Crippen LogP contribution in [0, 0.1) is 28.5 Å². The van der Waals surface area contributed by atoms with Gasteiger partial charge in [0.25, 0.3) is 0 Å². The highest BCUT2D eigenvalue weighted by molar-refractivity contribution is 5.48. The average molecular weight is 274 g/mol. The fourth-order valence-electron chi connectivity index (χ4n) is 3.08. The van der Waals surface area contributed by atoms with Gasteiger partial charge >= 0.3 is 0 Å². The smallest absolute Gasteiger partial charge is 0.125 e. The Morgan fingerprint density at radius 3 is 2.45 bits per heavy atom. The van der Waals surface area contributed by atoms with Gasteiger partial charge < -0.3 is 5.32 Å². The van der Waals surface area contributed by atoms with Crippen LogP contribution in [0.1, 0.15) is 46.5 Å². The van der Waals surface area contributed by atoms with E-state index >= 15 is 0 Å². The fraction of sp³-hybridized carbons (Fsp3) is 0.588. The number of anilines is 1. The molecule has 2 nitrogen and oxygen atoms in total. The second-order valence-electron chi connectivity index (χ2n) is 6.97. The molecule has 1 aromatic rings. The summed E-state index contributed by atoms with van der Waals surface area (Å²) in [5.41, 5.74) is 0.441. The van der Waals surface area contributed by atoms with Crippen molar-refractivity contribution in [3.8, 4) is 6.07 Å². The molecule has 0 atom stereocenters. The molecule has 1 saturated carbocycles. The third kappa shape index (κ3) is 3.30. The van der Waals surface area contributed by atoms with Gasteiger partial charge in [0.15, 0.2) is 0 Å². The van der Waals surface area contributed by atoms with Crippen molar-refractivity contribution in [2.45, 2.75) is 52.0 Å². The van der Waals surface area contributed by atoms with Crippen LogP contribution in [0.15, 0.2) is 24.3 Å². The van der Waals surface area contributed by atoms with Gasteiger partial charge in [-0.05, 0) is 55.2 Å². The molecule has 1 aromatic carbocycles. The third-order valence-electron chi connectivity index (χ3n) is 4.49. The standard InChI is InChI=1S/C17H23FN2/c1-16(2,3)13-7-9-17(12-19,10-8-13)20-15-6-4-5-14(18)11-15/h4-6,11,13,20H,7-10H2,1-3H3. The van der Waals surface area contributed by atoms with E-state index in [1.165, 1.54) is 12.1 Å². The molecule has 2 rings (SSSR count). The molecule has 0 unspecified atom stereocenters. The van der Waals surface area contributed by atoms with Gasteiger partial charge in [-0.3, -0.25) is 0 Å². The summed E-state index contributed by atoms with van der Waals surface area (Å²) in [4.78, 5) is 0. The Hall–Kier alpha value is -1.56. The van der Waals surface area contributed by atoms with Crippen LogP contribution in [0.25, 0.3) is 0 Å². The SMILES string of the molecule is CC(C)(C)C1CCC(C#N)(Nc2cccc(F)c2)CC1. The Balaban J connectivity index is 2.08. The Morgan fingerprint density at radius 1 is 1.30 bits per heavy atom. The van der Waals surface area contributed by atoms with Crippen LogP contribution in [0.2, 0.25) is 0 Å². The minimum atomic E-state index is -0.546. The molecule has 0 bridgehead atoms. The summed E-state index contributed by atoms with van der Waals surface area (Å²) in [5, 5.41) is 12.8. The van der Waals surface area contributed by atoms with E-state index in [0.717, 1.165) is 25.7 Å². The van der Waals surface area contributed by atoms with E-state index in [1.54, 1.807) is 6.07 Å². The molecule has 0 saturated heterocycles. The van der Waals surface area contributed by atoms with Crippen LogP contribution in [0.5, 0.6) is 0 Å². The Bertz CT molecular complexity index is 502. The highest BCUT2D eigenvalue weighted by atomic mass is 19.1. The zero-order chi connectivity index (χ0) is 14.8. The van der Waals surface area contributed by atoms with E-state index in [4.69, 9.17) is 0 Å². The van der Waals surface area contributed by atoms with Crippen LogP contribution in [0.3, 0.4) is 0 Å². The van der Waals surface area contributed by atoms with Crippen LogP contribution in [-0.4, -0.2) is 5.54 Å². The summed E-state index contributed by atoms with van der Waals surface area (Å²) in [7, 11) is 0. The number of hydrogen-bond donors (Lipinski definition) is 1. The molecule has 0 amide bonds. The Morgan fingerprint density at radius 2 is 1.95 bits per heavy atom. The molecule has 0 aliphatic heterocycles. The average Bonchev–Trinajstić information content (AvgIpc) is 2.38. The summed E-state index contributed by atoms with van der Waals surface area (Å²) in [5.74, 6) is 0.379. The molecular formula is C17H23FN2. The molecule has 0 aromatic heterocycles. The van der Waals surface area contributed by atoms with E-state index in [1.807, 2.05) is 6.07 Å². The van der Waals surface area contributed by atoms with E-state index in [9.17, 15) is 9.65 Å². The first-order valence-electron chi connectivity index (χ1n) is 7.30. The van der Waals surface area contributed by atoms with Gasteiger partial charge in [0, 0.05) is 5.69 Å². The first kappa shape index (κ1) is 14.8. The number of nitriles is 1. The third-order valence-corrected chi connectivity index (χ3v) is 4.49. The Kier molecular flexibility index (Phi) is 4.04. The summed E-state index contributed by atoms with van der Waals surface area (Å²) in [6.45, 7) is 6.78. The van der Waals surface area contributed by atoms with Gasteiger partial charge in [0.2, 0.25) is 0 Å². The largest absolute Gasteiger partial charge is 0.367 e. The van der Waals surface area contributed by atoms with Gasteiger partial charge in [0.1, 0.15) is 11.4 Å². The van der Waals surface area contributed by atoms with Crippen molar-refractivity contribution in [3.63, 3.8) is 0 Å². The molecule has 20 heavy (non-hydrogen) atoms. The minimum Gasteiger partial charge on any atom is -0.367 e. The van der Waals surface area contributed by atoms with Crippen molar-refractivity contribution in [1.82, 2.24) is 0 Å². The first-order chi connectivity index (χ1) is 9.35. The zero-order valence-corrected chi connectivity index (χ0v) is 12.5. The normalized spacial score (nSPS) is 26.9. The van der Waals surface area contributed by atoms with Gasteiger partial charge in [-0.2, -0.15) is 5.26 Å². The maximum atomic E-state index is 13.2. The van der Waals surface area contributed by atoms with E-state index < -0.39 is 5.54 Å². The lowest BCUT2D eigenvalue weighted by Gasteiger charge is -2.41. The molecule has 0 spiro atoms. The fourth-order valence-corrected chi connectivity index (χ4v) is 3.08. The molecule has 0 heterocycles. The molecule has 3 heteroatoms. The van der Waals surface area contributed by atoms with Gasteiger partial charge in [-0.25, -0.2) is 4.39 Å². The van der Waals surface area contributed by atoms with Crippen molar-refractivity contribution in [3.05, 3.63) is 30.1 Å². The molecule has 1 N–H and O–H groups in total. The Labute approximate surface area is 121 Å². The van der Waals surface area contributed by atoms with Crippen molar-refractivity contribution in [2.75, 3.05) is 5.32 Å². The molecule has 1 aliphatic carbocycles. The number of rotatable bonds is 2. The maximum Gasteiger partial charge on any atom is 0.125 e. The topological polar surface area (TPSA) is 35.8 Å². The molecule has 1 aliphatic rings. The highest BCUT2D eigenvalue weighted by Gasteiger charge is 2.38.